The van der Waals surface area contributed by atoms with Crippen LogP contribution in [0.25, 0.3) is 22.2 Å². The van der Waals surface area contributed by atoms with Gasteiger partial charge in [0.2, 0.25) is 11.7 Å². The van der Waals surface area contributed by atoms with Gasteiger partial charge < -0.3 is 39.6 Å². The third-order valence-electron chi connectivity index (χ3n) is 7.85. The van der Waals surface area contributed by atoms with Crippen LogP contribution in [0.15, 0.2) is 73.0 Å². The van der Waals surface area contributed by atoms with Gasteiger partial charge in [-0.1, -0.05) is 18.2 Å². The zero-order chi connectivity index (χ0) is 34.5. The number of carbonyl (C=O) groups is 3. The second-order valence-electron chi connectivity index (χ2n) is 11.7. The van der Waals surface area contributed by atoms with E-state index in [4.69, 9.17) is 19.2 Å². The normalized spacial score (nSPS) is 16.0. The summed E-state index contributed by atoms with van der Waals surface area (Å²) in [7, 11) is 5.46. The molecule has 6 rings (SSSR count). The van der Waals surface area contributed by atoms with E-state index in [-0.39, 0.29) is 5.95 Å². The third-order valence-corrected chi connectivity index (χ3v) is 7.85. The minimum absolute atomic E-state index is 0.190. The number of anilines is 4. The van der Waals surface area contributed by atoms with E-state index in [2.05, 4.69) is 42.5 Å². The average Bonchev–Trinajstić information content (AvgIpc) is 3.87. The highest BCUT2D eigenvalue weighted by Gasteiger charge is 2.27. The predicted molar refractivity (Wildman–Crippen MR) is 182 cm³/mol. The SMILES string of the molecule is COc1cc(NCCCN(C)C)c(NC(=O)/C2=C/OC(=O)/C=C\C(=O)O2)cc1Nc1ncc(C#N)c(-c2cn(C3CC3)c3ccccc23)n1. The van der Waals surface area contributed by atoms with Crippen molar-refractivity contribution in [3.8, 4) is 23.1 Å². The smallest absolute Gasteiger partial charge is 0.336 e. The Morgan fingerprint density at radius 3 is 2.67 bits per heavy atom. The van der Waals surface area contributed by atoms with Crippen LogP contribution in [0.3, 0.4) is 0 Å². The van der Waals surface area contributed by atoms with Crippen LogP contribution in [0, 0.1) is 11.3 Å². The van der Waals surface area contributed by atoms with E-state index in [0.717, 1.165) is 60.7 Å². The molecule has 1 amide bonds. The second kappa shape index (κ2) is 14.3. The monoisotopic (exact) mass is 662 g/mol. The number of nitriles is 1. The number of cyclic esters (lactones) is 2. The number of benzene rings is 2. The van der Waals surface area contributed by atoms with Gasteiger partial charge >= 0.3 is 11.9 Å². The molecular weight excluding hydrogens is 628 g/mol. The molecule has 0 radical (unpaired) electrons. The molecule has 3 heterocycles. The van der Waals surface area contributed by atoms with Crippen molar-refractivity contribution in [1.29, 1.82) is 5.26 Å². The van der Waals surface area contributed by atoms with Gasteiger partial charge in [-0.05, 0) is 52.0 Å². The minimum atomic E-state index is -0.911. The number of esters is 2. The summed E-state index contributed by atoms with van der Waals surface area (Å²) in [6, 6.07) is 14.0. The van der Waals surface area contributed by atoms with Gasteiger partial charge in [-0.3, -0.25) is 4.79 Å². The van der Waals surface area contributed by atoms with E-state index >= 15 is 0 Å². The fraction of sp³-hybridized carbons (Fsp3) is 0.257. The van der Waals surface area contributed by atoms with Crippen molar-refractivity contribution in [2.24, 2.45) is 0 Å². The van der Waals surface area contributed by atoms with Crippen LogP contribution in [0.5, 0.6) is 5.75 Å². The summed E-state index contributed by atoms with van der Waals surface area (Å²) in [6.45, 7) is 1.39. The van der Waals surface area contributed by atoms with Crippen LogP contribution < -0.4 is 20.7 Å². The molecule has 0 unspecified atom stereocenters. The first kappa shape index (κ1) is 32.7. The first-order chi connectivity index (χ1) is 23.7. The molecule has 1 aliphatic carbocycles. The molecule has 0 atom stereocenters. The van der Waals surface area contributed by atoms with Crippen LogP contribution in [0.2, 0.25) is 0 Å². The number of nitrogens with one attached hydrogen (secondary N) is 3. The first-order valence-corrected chi connectivity index (χ1v) is 15.6. The number of hydrogen-bond donors (Lipinski definition) is 3. The molecule has 1 saturated carbocycles. The van der Waals surface area contributed by atoms with Crippen LogP contribution in [-0.4, -0.2) is 71.6 Å². The molecule has 1 fully saturated rings. The summed E-state index contributed by atoms with van der Waals surface area (Å²) in [5.41, 5.74) is 3.88. The molecule has 0 bridgehead atoms. The number of rotatable bonds is 12. The molecule has 2 aliphatic rings. The average molecular weight is 663 g/mol. The topological polar surface area (TPSA) is 173 Å². The highest BCUT2D eigenvalue weighted by atomic mass is 16.6. The fourth-order valence-electron chi connectivity index (χ4n) is 5.35. The van der Waals surface area contributed by atoms with E-state index in [1.54, 1.807) is 12.1 Å². The van der Waals surface area contributed by atoms with Crippen molar-refractivity contribution in [2.45, 2.75) is 25.3 Å². The second-order valence-corrected chi connectivity index (χ2v) is 11.7. The molecule has 1 aliphatic heterocycles. The van der Waals surface area contributed by atoms with Gasteiger partial charge in [0, 0.05) is 53.5 Å². The number of amides is 1. The maximum atomic E-state index is 13.3. The van der Waals surface area contributed by atoms with Gasteiger partial charge in [0.25, 0.3) is 5.91 Å². The molecule has 2 aromatic carbocycles. The number of para-hydroxylation sites is 1. The van der Waals surface area contributed by atoms with Crippen molar-refractivity contribution >= 4 is 51.8 Å². The van der Waals surface area contributed by atoms with Gasteiger partial charge in [0.05, 0.1) is 41.6 Å². The van der Waals surface area contributed by atoms with Gasteiger partial charge in [-0.15, -0.1) is 0 Å². The number of fused-ring (bicyclic) bond motifs is 1. The number of aromatic nitrogens is 3. The Bertz CT molecular complexity index is 2040. The molecule has 49 heavy (non-hydrogen) atoms. The lowest BCUT2D eigenvalue weighted by Crippen LogP contribution is -2.21. The molecule has 14 nitrogen and oxygen atoms in total. The van der Waals surface area contributed by atoms with Crippen molar-refractivity contribution in [3.05, 3.63) is 78.5 Å². The Kier molecular flexibility index (Phi) is 9.54. The standard InChI is InChI=1S/C35H34N8O6/c1-42(2)14-6-13-37-25-16-29(47-3)27(15-26(25)39-34(46)30-20-48-31(44)11-12-32(45)49-30)40-35-38-18-21(17-36)33(41-35)24-19-43(22-9-10-22)28-8-5-4-7-23(24)28/h4-5,7-8,11-12,15-16,18-20,22,37H,6,9-10,13-14H2,1-3H3,(H,39,46)(H,38,40,41)/b12-11-,30-20-. The molecule has 0 saturated heterocycles. The van der Waals surface area contributed by atoms with E-state index in [9.17, 15) is 19.6 Å². The molecule has 3 N–H and O–H groups in total. The maximum Gasteiger partial charge on any atom is 0.336 e. The zero-order valence-electron chi connectivity index (χ0n) is 27.1. The lowest BCUT2D eigenvalue weighted by molar-refractivity contribution is -0.140. The quantitative estimate of drug-likeness (QED) is 0.139. The lowest BCUT2D eigenvalue weighted by Gasteiger charge is -2.19. The molecule has 0 spiro atoms. The van der Waals surface area contributed by atoms with E-state index in [1.807, 2.05) is 38.5 Å². The van der Waals surface area contributed by atoms with Gasteiger partial charge in [0.15, 0.2) is 0 Å². The Labute approximate surface area is 282 Å². The summed E-state index contributed by atoms with van der Waals surface area (Å²) in [5.74, 6) is -2.51. The summed E-state index contributed by atoms with van der Waals surface area (Å²) >= 11 is 0. The van der Waals surface area contributed by atoms with Crippen LogP contribution in [-0.2, 0) is 23.9 Å². The Morgan fingerprint density at radius 1 is 1.12 bits per heavy atom. The lowest BCUT2D eigenvalue weighted by atomic mass is 10.1. The Morgan fingerprint density at radius 2 is 1.92 bits per heavy atom. The minimum Gasteiger partial charge on any atom is -0.494 e. The summed E-state index contributed by atoms with van der Waals surface area (Å²) in [4.78, 5) is 48.3. The molecule has 4 aromatic rings. The molecule has 14 heteroatoms. The number of methoxy groups -OCH3 is 1. The Hall–Kier alpha value is -6.20. The van der Waals surface area contributed by atoms with E-state index in [1.165, 1.54) is 13.3 Å². The number of nitrogens with zero attached hydrogens (tertiary/aromatic N) is 5. The highest BCUT2D eigenvalue weighted by molar-refractivity contribution is 6.07. The zero-order valence-corrected chi connectivity index (χ0v) is 27.1. The van der Waals surface area contributed by atoms with Gasteiger partial charge in [-0.25, -0.2) is 19.6 Å². The number of carbonyl (C=O) groups excluding carboxylic acids is 3. The third kappa shape index (κ3) is 7.53. The van der Waals surface area contributed by atoms with Crippen LogP contribution >= 0.6 is 0 Å². The summed E-state index contributed by atoms with van der Waals surface area (Å²) in [5, 5.41) is 20.2. The van der Waals surface area contributed by atoms with Gasteiger partial charge in [-0.2, -0.15) is 5.26 Å². The van der Waals surface area contributed by atoms with E-state index in [0.29, 0.717) is 46.7 Å². The number of ether oxygens (including phenoxy) is 3. The van der Waals surface area contributed by atoms with Crippen molar-refractivity contribution in [1.82, 2.24) is 19.4 Å². The molecule has 2 aromatic heterocycles. The van der Waals surface area contributed by atoms with Crippen LogP contribution in [0.1, 0.15) is 30.9 Å². The van der Waals surface area contributed by atoms with Crippen molar-refractivity contribution in [3.63, 3.8) is 0 Å². The fourth-order valence-corrected chi connectivity index (χ4v) is 5.35. The molecule has 250 valence electrons. The van der Waals surface area contributed by atoms with Crippen molar-refractivity contribution < 1.29 is 28.6 Å². The van der Waals surface area contributed by atoms with E-state index < -0.39 is 23.6 Å². The number of hydrogen-bond acceptors (Lipinski definition) is 12. The van der Waals surface area contributed by atoms with Crippen molar-refractivity contribution in [2.75, 3.05) is 50.2 Å². The largest absolute Gasteiger partial charge is 0.494 e. The maximum absolute atomic E-state index is 13.3. The summed E-state index contributed by atoms with van der Waals surface area (Å²) in [6.07, 6.45) is 9.05. The molecular formula is C35H34N8O6. The van der Waals surface area contributed by atoms with Gasteiger partial charge in [0.1, 0.15) is 18.1 Å². The first-order valence-electron chi connectivity index (χ1n) is 15.6. The Balaban J connectivity index is 1.35. The summed E-state index contributed by atoms with van der Waals surface area (Å²) < 4.78 is 17.9. The predicted octanol–water partition coefficient (Wildman–Crippen LogP) is 4.86. The van der Waals surface area contributed by atoms with Crippen LogP contribution in [0.4, 0.5) is 23.0 Å². The highest BCUT2D eigenvalue weighted by Crippen LogP contribution is 2.42.